The number of fused-ring (bicyclic) bond motifs is 1. The lowest BCUT2D eigenvalue weighted by Gasteiger charge is -2.55. The molecule has 0 bridgehead atoms. The SMILES string of the molecule is CSCC[C@H](NC(=O)[C@H](CO)NC(=O)[C@H](Cc1ccc(O)cc1)NC(=O)[C@H](CO)NC(=O)C1(NC(C)=O)CC(C)(C)N(O)C(C)(C)C1)C(=O)NCC(=O)N[C@@H](Cc1cnc[nH]1)C(=O)N[C@@H](Cc1ccccc1)C(=O)N[C@@H](CCCNC(=N)N)C(=O)N[C@@H](Cc1c[nH]c2ccccc12)C(=O)NCC(=O)N[C@@H](CCCCN)C(=O)N1CCC[C@H]1C(=O)N[C@H](C(N)=O)C(C)C. The number of primary amides is 1. The number of likely N-dealkylation sites (tertiary alicyclic amines) is 1. The molecule has 5 aromatic rings. The predicted octanol–water partition coefficient (Wildman–Crippen LogP) is -3.87. The molecule has 42 nitrogen and oxygen atoms in total. The molecule has 0 unspecified atom stereocenters. The number of hydrogen-bond acceptors (Lipinski definition) is 24. The third-order valence-corrected chi connectivity index (χ3v) is 22.4. The van der Waals surface area contributed by atoms with Gasteiger partial charge in [-0.1, -0.05) is 74.5 Å². The van der Waals surface area contributed by atoms with E-state index in [-0.39, 0.29) is 108 Å². The number of carbonyl (C=O) groups is 15. The summed E-state index contributed by atoms with van der Waals surface area (Å²) < 4.78 is 0. The topological polar surface area (TPSA) is 658 Å². The van der Waals surface area contributed by atoms with E-state index in [0.29, 0.717) is 52.5 Å². The second-order valence-electron chi connectivity index (χ2n) is 33.3. The molecule has 11 atom stereocenters. The molecule has 2 aliphatic heterocycles. The highest BCUT2D eigenvalue weighted by Crippen LogP contribution is 2.43. The number of carbonyl (C=O) groups excluding carboxylic acids is 15. The van der Waals surface area contributed by atoms with Gasteiger partial charge in [-0.25, -0.2) is 4.98 Å². The molecule has 2 aromatic heterocycles. The summed E-state index contributed by atoms with van der Waals surface area (Å²) in [6, 6.07) is 4.95. The van der Waals surface area contributed by atoms with Crippen molar-refractivity contribution in [3.05, 3.63) is 120 Å². The standard InChI is InChI=1S/C84H123N23O19S/c1-47(2)68(69(86)114)104-78(123)65-24-17-32-106(65)79(124)58(22-14-15-30-85)95-66(112)40-93-71(116)61(36-51-38-91-55-21-13-12-20-54(51)55)101-72(117)56(23-16-31-90-81(87)88)97-73(118)59(34-49-18-10-9-11-19-49)99-75(120)62(37-52-39-89-46-94-52)96-67(113)41-92-70(115)57(29-33-127-8)98-76(121)63(42-108)102-74(119)60(35-50-25-27-53(111)28-26-50)100-77(122)64(43-109)103-80(125)84(105-48(3)110)44-82(4,5)107(126)83(6,7)45-84/h9-13,18-21,25-28,38-39,46-47,56-65,68,91,108-109,111,126H,14-17,22-24,29-37,40-45,85H2,1-8H3,(H2,86,114)(H,89,94)(H,92,115)(H,93,116)(H,95,112)(H,96,113)(H,97,118)(H,98,121)(H,99,120)(H,100,122)(H,101,117)(H,102,119)(H,103,125)(H,104,123)(H,105,110)(H4,87,88,90)/t56-,57-,58-,59-,60-,61-,62-,63-,64-,65-,68-/m0/s1. The zero-order valence-corrected chi connectivity index (χ0v) is 73.4. The molecule has 0 radical (unpaired) electrons. The molecule has 0 spiro atoms. The van der Waals surface area contributed by atoms with E-state index in [4.69, 9.17) is 22.6 Å². The highest BCUT2D eigenvalue weighted by molar-refractivity contribution is 7.98. The van der Waals surface area contributed by atoms with Crippen LogP contribution >= 0.6 is 11.8 Å². The van der Waals surface area contributed by atoms with E-state index in [0.717, 1.165) is 5.06 Å². The van der Waals surface area contributed by atoms with Crippen molar-refractivity contribution in [3.63, 3.8) is 0 Å². The Balaban J connectivity index is 1.06. The maximum atomic E-state index is 15.1. The van der Waals surface area contributed by atoms with Gasteiger partial charge < -0.3 is 127 Å². The summed E-state index contributed by atoms with van der Waals surface area (Å²) in [7, 11) is 0. The number of thioether (sulfide) groups is 1. The normalized spacial score (nSPS) is 16.9. The fourth-order valence-corrected chi connectivity index (χ4v) is 16.1. The fourth-order valence-electron chi connectivity index (χ4n) is 15.6. The van der Waals surface area contributed by atoms with Gasteiger partial charge in [-0.05, 0) is 151 Å². The van der Waals surface area contributed by atoms with Crippen LogP contribution < -0.4 is 91.6 Å². The Hall–Kier alpha value is -12.3. The molecule has 3 aromatic carbocycles. The second kappa shape index (κ2) is 48.4. The van der Waals surface area contributed by atoms with Gasteiger partial charge in [0.1, 0.15) is 77.7 Å². The number of piperidine rings is 1. The van der Waals surface area contributed by atoms with Crippen molar-refractivity contribution in [3.8, 4) is 5.75 Å². The summed E-state index contributed by atoms with van der Waals surface area (Å²) in [6.45, 7) is 7.93. The minimum Gasteiger partial charge on any atom is -0.508 e. The Kier molecular flexibility index (Phi) is 38.8. The first-order chi connectivity index (χ1) is 60.2. The van der Waals surface area contributed by atoms with Crippen LogP contribution in [-0.2, 0) is 97.6 Å². The predicted molar refractivity (Wildman–Crippen MR) is 467 cm³/mol. The number of aromatic amines is 2. The maximum absolute atomic E-state index is 15.1. The van der Waals surface area contributed by atoms with Crippen LogP contribution in [0.1, 0.15) is 135 Å². The van der Waals surface area contributed by atoms with Crippen molar-refractivity contribution in [2.45, 2.75) is 221 Å². The van der Waals surface area contributed by atoms with Crippen molar-refractivity contribution >= 4 is 117 Å². The highest BCUT2D eigenvalue weighted by Gasteiger charge is 2.57. The first-order valence-electron chi connectivity index (χ1n) is 42.0. The van der Waals surface area contributed by atoms with Crippen LogP contribution in [0.25, 0.3) is 10.9 Å². The number of aromatic nitrogens is 3. The van der Waals surface area contributed by atoms with Crippen LogP contribution in [0, 0.1) is 11.3 Å². The van der Waals surface area contributed by atoms with Crippen LogP contribution in [0.2, 0.25) is 0 Å². The number of aliphatic hydroxyl groups excluding tert-OH is 2. The van der Waals surface area contributed by atoms with Crippen LogP contribution in [0.15, 0.2) is 97.6 Å². The Morgan fingerprint density at radius 3 is 1.63 bits per heavy atom. The highest BCUT2D eigenvalue weighted by atomic mass is 32.2. The number of rotatable bonds is 49. The third-order valence-electron chi connectivity index (χ3n) is 21.8. The van der Waals surface area contributed by atoms with Crippen molar-refractivity contribution in [2.75, 3.05) is 57.9 Å². The molecule has 2 fully saturated rings. The molecule has 0 saturated carbocycles. The monoisotopic (exact) mass is 1790 g/mol. The second-order valence-corrected chi connectivity index (χ2v) is 34.2. The molecule has 2 aliphatic rings. The third kappa shape index (κ3) is 30.5. The first kappa shape index (κ1) is 102. The van der Waals surface area contributed by atoms with Crippen LogP contribution in [0.3, 0.4) is 0 Å². The average molecular weight is 1790 g/mol. The Morgan fingerprint density at radius 2 is 1.09 bits per heavy atom. The average Bonchev–Trinajstić information content (AvgIpc) is 1.24. The number of unbranched alkanes of at least 4 members (excludes halogenated alkanes) is 1. The van der Waals surface area contributed by atoms with E-state index in [1.807, 2.05) is 0 Å². The number of phenolic OH excluding ortho intramolecular Hbond substituents is 1. The molecule has 2 saturated heterocycles. The molecular formula is C84H123N23O19S. The van der Waals surface area contributed by atoms with Crippen molar-refractivity contribution in [2.24, 2.45) is 23.1 Å². The van der Waals surface area contributed by atoms with Crippen molar-refractivity contribution in [1.82, 2.24) is 99.4 Å². The summed E-state index contributed by atoms with van der Waals surface area (Å²) >= 11 is 1.27. The Bertz CT molecular complexity index is 4610. The summed E-state index contributed by atoms with van der Waals surface area (Å²) in [5.41, 5.74) is 15.5. The molecule has 15 amide bonds. The minimum atomic E-state index is -1.83. The van der Waals surface area contributed by atoms with Gasteiger partial charge >= 0.3 is 0 Å². The van der Waals surface area contributed by atoms with E-state index in [9.17, 15) is 82.9 Å². The number of hydroxylamine groups is 2. The van der Waals surface area contributed by atoms with E-state index >= 15 is 9.59 Å². The van der Waals surface area contributed by atoms with Crippen molar-refractivity contribution in [1.29, 1.82) is 5.41 Å². The number of H-pyrrole nitrogens is 2. The lowest BCUT2D eigenvalue weighted by Crippen LogP contribution is -2.73. The van der Waals surface area contributed by atoms with Gasteiger partial charge in [0.25, 0.3) is 0 Å². The van der Waals surface area contributed by atoms with Crippen LogP contribution in [0.4, 0.5) is 0 Å². The zero-order chi connectivity index (χ0) is 93.5. The zero-order valence-electron chi connectivity index (χ0n) is 72.6. The van der Waals surface area contributed by atoms with E-state index in [1.54, 1.807) is 109 Å². The smallest absolute Gasteiger partial charge is 0.246 e. The molecule has 4 heterocycles. The fraction of sp³-hybridized carbons (Fsp3) is 0.536. The van der Waals surface area contributed by atoms with E-state index in [1.165, 1.54) is 60.4 Å². The number of imidazole rings is 1. The molecule has 43 heteroatoms. The van der Waals surface area contributed by atoms with E-state index in [2.05, 4.69) is 89.4 Å². The van der Waals surface area contributed by atoms with Crippen molar-refractivity contribution < 1.29 is 92.4 Å². The van der Waals surface area contributed by atoms with Gasteiger partial charge in [-0.15, -0.1) is 0 Å². The number of hydrogen-bond donors (Lipinski definition) is 24. The number of nitrogens with one attached hydrogen (secondary N) is 17. The quantitative estimate of drug-likeness (QED) is 0.0101. The summed E-state index contributed by atoms with van der Waals surface area (Å²) in [6.07, 6.45) is 6.11. The largest absolute Gasteiger partial charge is 0.508 e. The van der Waals surface area contributed by atoms with Crippen LogP contribution in [0.5, 0.6) is 5.75 Å². The summed E-state index contributed by atoms with van der Waals surface area (Å²) in [4.78, 5) is 224. The first-order valence-corrected chi connectivity index (χ1v) is 43.4. The van der Waals surface area contributed by atoms with Crippen LogP contribution in [-0.4, -0.2) is 281 Å². The molecule has 7 rings (SSSR count). The number of amides is 15. The molecular weight excluding hydrogens is 1670 g/mol. The van der Waals surface area contributed by atoms with Gasteiger partial charge in [-0.3, -0.25) is 77.3 Å². The van der Waals surface area contributed by atoms with Gasteiger partial charge in [0.2, 0.25) is 88.6 Å². The number of guanidine groups is 1. The lowest BCUT2D eigenvalue weighted by atomic mass is 9.69. The minimum absolute atomic E-state index is 0.0163. The molecule has 0 aliphatic carbocycles. The number of aromatic hydroxyl groups is 1. The summed E-state index contributed by atoms with van der Waals surface area (Å²) in [5, 5.41) is 88.4. The molecule has 127 heavy (non-hydrogen) atoms. The van der Waals surface area contributed by atoms with Gasteiger partial charge in [0, 0.05) is 85.8 Å². The van der Waals surface area contributed by atoms with E-state index < -0.39 is 204 Å². The summed E-state index contributed by atoms with van der Waals surface area (Å²) in [5.74, 6) is -13.9. The lowest BCUT2D eigenvalue weighted by molar-refractivity contribution is -0.254. The van der Waals surface area contributed by atoms with Gasteiger partial charge in [0.05, 0.1) is 32.6 Å². The molecule has 694 valence electrons. The number of nitrogens with zero attached hydrogens (tertiary/aromatic N) is 3. The Labute approximate surface area is 739 Å². The maximum Gasteiger partial charge on any atom is 0.246 e. The van der Waals surface area contributed by atoms with Gasteiger partial charge in [0.15, 0.2) is 5.96 Å². The Morgan fingerprint density at radius 1 is 0.583 bits per heavy atom. The molecule has 27 N–H and O–H groups in total. The number of aliphatic hydroxyl groups is 2. The number of para-hydroxylation sites is 1. The number of benzene rings is 3. The number of phenols is 1. The number of nitrogens with two attached hydrogens (primary N) is 3. The van der Waals surface area contributed by atoms with Gasteiger partial charge in [-0.2, -0.15) is 16.8 Å².